The van der Waals surface area contributed by atoms with Crippen LogP contribution in [0.4, 0.5) is 0 Å². The molecule has 4 rings (SSSR count). The van der Waals surface area contributed by atoms with E-state index in [2.05, 4.69) is 4.98 Å². The number of hydrogen-bond donors (Lipinski definition) is 1. The summed E-state index contributed by atoms with van der Waals surface area (Å²) < 4.78 is 3.43. The minimum Gasteiger partial charge on any atom is -0.395 e. The van der Waals surface area contributed by atoms with Crippen LogP contribution in [0.15, 0.2) is 34.7 Å². The molecule has 1 aliphatic carbocycles. The number of likely N-dealkylation sites (N-methyl/N-ethyl adjacent to an activating group) is 1. The first kappa shape index (κ1) is 17.0. The van der Waals surface area contributed by atoms with E-state index in [1.165, 1.54) is 4.90 Å². The second-order valence-corrected chi connectivity index (χ2v) is 7.61. The smallest absolute Gasteiger partial charge is 0.294 e. The third-order valence-corrected chi connectivity index (χ3v) is 5.53. The average Bonchev–Trinajstić information content (AvgIpc) is 3.11. The maximum atomic E-state index is 13.1. The van der Waals surface area contributed by atoms with Gasteiger partial charge in [-0.15, -0.1) is 11.3 Å². The van der Waals surface area contributed by atoms with Gasteiger partial charge in [-0.1, -0.05) is 6.07 Å². The zero-order chi connectivity index (χ0) is 18.3. The van der Waals surface area contributed by atoms with E-state index in [1.807, 2.05) is 23.7 Å². The van der Waals surface area contributed by atoms with E-state index in [-0.39, 0.29) is 36.0 Å². The van der Waals surface area contributed by atoms with Crippen molar-refractivity contribution in [3.63, 3.8) is 0 Å². The predicted octanol–water partition coefficient (Wildman–Crippen LogP) is 1.70. The lowest BCUT2D eigenvalue weighted by Gasteiger charge is -2.13. The van der Waals surface area contributed by atoms with Crippen LogP contribution in [0.5, 0.6) is 0 Å². The fourth-order valence-electron chi connectivity index (χ4n) is 2.99. The van der Waals surface area contributed by atoms with Crippen LogP contribution in [0, 0.1) is 5.92 Å². The Balaban J connectivity index is 1.83. The van der Waals surface area contributed by atoms with Crippen molar-refractivity contribution in [2.75, 3.05) is 20.2 Å². The van der Waals surface area contributed by atoms with Gasteiger partial charge in [0.2, 0.25) is 5.65 Å². The van der Waals surface area contributed by atoms with Gasteiger partial charge in [0.25, 0.3) is 11.5 Å². The summed E-state index contributed by atoms with van der Waals surface area (Å²) in [6.07, 6.45) is 5.75. The van der Waals surface area contributed by atoms with E-state index >= 15 is 0 Å². The van der Waals surface area contributed by atoms with Gasteiger partial charge in [-0.2, -0.15) is 0 Å². The lowest BCUT2D eigenvalue weighted by molar-refractivity contribution is 0.0762. The molecule has 1 saturated carbocycles. The van der Waals surface area contributed by atoms with Crippen molar-refractivity contribution in [3.05, 3.63) is 46.0 Å². The minimum atomic E-state index is -0.312. The molecular weight excluding hydrogens is 352 g/mol. The Labute approximate surface area is 154 Å². The molecule has 26 heavy (non-hydrogen) atoms. The summed E-state index contributed by atoms with van der Waals surface area (Å²) in [6.45, 7) is 0.786. The van der Waals surface area contributed by atoms with Gasteiger partial charge in [0.15, 0.2) is 0 Å². The van der Waals surface area contributed by atoms with Crippen molar-refractivity contribution < 1.29 is 9.90 Å². The number of aliphatic hydroxyl groups excluding tert-OH is 1. The molecule has 0 aromatic carbocycles. The number of aliphatic hydroxyl groups is 1. The summed E-state index contributed by atoms with van der Waals surface area (Å²) in [5.74, 6) is 0.231. The molecular formula is C18H20N4O3S. The van der Waals surface area contributed by atoms with Crippen molar-refractivity contribution in [2.45, 2.75) is 19.4 Å². The van der Waals surface area contributed by atoms with E-state index in [1.54, 1.807) is 33.5 Å². The van der Waals surface area contributed by atoms with Gasteiger partial charge >= 0.3 is 0 Å². The zero-order valence-electron chi connectivity index (χ0n) is 14.5. The standard InChI is InChI=1S/C18H20N4O3S/c1-20(6-7-23)17(24)13-10-21-11-14(15-3-2-8-26-15)22(9-12-4-5-12)18(25)16(21)19-13/h2-3,8,10-12,23H,4-7,9H2,1H3. The van der Waals surface area contributed by atoms with Gasteiger partial charge in [-0.3, -0.25) is 14.0 Å². The Kier molecular flexibility index (Phi) is 4.37. The van der Waals surface area contributed by atoms with Crippen LogP contribution in [-0.4, -0.2) is 50.1 Å². The molecule has 0 radical (unpaired) electrons. The van der Waals surface area contributed by atoms with Crippen LogP contribution in [0.25, 0.3) is 16.2 Å². The number of imidazole rings is 1. The molecule has 136 valence electrons. The van der Waals surface area contributed by atoms with Crippen LogP contribution in [0.3, 0.4) is 0 Å². The summed E-state index contributed by atoms with van der Waals surface area (Å²) in [7, 11) is 1.60. The number of fused-ring (bicyclic) bond motifs is 1. The fourth-order valence-corrected chi connectivity index (χ4v) is 3.74. The maximum Gasteiger partial charge on any atom is 0.294 e. The fraction of sp³-hybridized carbons (Fsp3) is 0.389. The number of carbonyl (C=O) groups excluding carboxylic acids is 1. The molecule has 3 heterocycles. The third kappa shape index (κ3) is 3.06. The molecule has 0 bridgehead atoms. The Hall–Kier alpha value is -2.45. The van der Waals surface area contributed by atoms with Gasteiger partial charge in [0.05, 0.1) is 17.2 Å². The molecule has 3 aromatic heterocycles. The Bertz CT molecular complexity index is 1000. The number of aromatic nitrogens is 3. The summed E-state index contributed by atoms with van der Waals surface area (Å²) in [5, 5.41) is 11.0. The van der Waals surface area contributed by atoms with Crippen molar-refractivity contribution in [2.24, 2.45) is 5.92 Å². The second kappa shape index (κ2) is 6.69. The number of rotatable bonds is 6. The average molecular weight is 372 g/mol. The van der Waals surface area contributed by atoms with Crippen LogP contribution in [0.1, 0.15) is 23.3 Å². The zero-order valence-corrected chi connectivity index (χ0v) is 15.3. The van der Waals surface area contributed by atoms with Gasteiger partial charge in [0.1, 0.15) is 5.69 Å². The van der Waals surface area contributed by atoms with Gasteiger partial charge in [-0.25, -0.2) is 4.98 Å². The largest absolute Gasteiger partial charge is 0.395 e. The molecule has 0 spiro atoms. The number of nitrogens with zero attached hydrogens (tertiary/aromatic N) is 4. The minimum absolute atomic E-state index is 0.119. The van der Waals surface area contributed by atoms with Crippen LogP contribution < -0.4 is 5.56 Å². The first-order valence-corrected chi connectivity index (χ1v) is 9.49. The molecule has 1 N–H and O–H groups in total. The number of hydrogen-bond acceptors (Lipinski definition) is 5. The van der Waals surface area contributed by atoms with E-state index in [4.69, 9.17) is 5.11 Å². The van der Waals surface area contributed by atoms with Gasteiger partial charge in [-0.05, 0) is 30.2 Å². The van der Waals surface area contributed by atoms with E-state index < -0.39 is 0 Å². The van der Waals surface area contributed by atoms with E-state index in [0.717, 1.165) is 23.4 Å². The monoisotopic (exact) mass is 372 g/mol. The summed E-state index contributed by atoms with van der Waals surface area (Å²) in [4.78, 5) is 32.2. The molecule has 0 atom stereocenters. The van der Waals surface area contributed by atoms with Gasteiger partial charge in [0, 0.05) is 32.5 Å². The predicted molar refractivity (Wildman–Crippen MR) is 99.5 cm³/mol. The lowest BCUT2D eigenvalue weighted by atomic mass is 10.3. The van der Waals surface area contributed by atoms with Crippen molar-refractivity contribution >= 4 is 22.9 Å². The first-order valence-electron chi connectivity index (χ1n) is 8.61. The molecule has 0 unspecified atom stereocenters. The molecule has 3 aromatic rings. The Morgan fingerprint density at radius 2 is 2.23 bits per heavy atom. The normalized spacial score (nSPS) is 14.1. The highest BCUT2D eigenvalue weighted by Crippen LogP contribution is 2.32. The molecule has 8 heteroatoms. The van der Waals surface area contributed by atoms with Crippen molar-refractivity contribution in [1.82, 2.24) is 18.9 Å². The van der Waals surface area contributed by atoms with Gasteiger partial charge < -0.3 is 14.6 Å². The quantitative estimate of drug-likeness (QED) is 0.714. The molecule has 7 nitrogen and oxygen atoms in total. The molecule has 0 saturated heterocycles. The second-order valence-electron chi connectivity index (χ2n) is 6.66. The summed E-state index contributed by atoms with van der Waals surface area (Å²) >= 11 is 1.58. The highest BCUT2D eigenvalue weighted by atomic mass is 32.1. The number of carbonyl (C=O) groups is 1. The molecule has 1 fully saturated rings. The van der Waals surface area contributed by atoms with E-state index in [0.29, 0.717) is 12.5 Å². The van der Waals surface area contributed by atoms with E-state index in [9.17, 15) is 9.59 Å². The van der Waals surface area contributed by atoms with Crippen LogP contribution >= 0.6 is 11.3 Å². The highest BCUT2D eigenvalue weighted by Gasteiger charge is 2.25. The third-order valence-electron chi connectivity index (χ3n) is 4.63. The number of thiophene rings is 1. The molecule has 0 aliphatic heterocycles. The van der Waals surface area contributed by atoms with Crippen LogP contribution in [0.2, 0.25) is 0 Å². The Morgan fingerprint density at radius 3 is 2.88 bits per heavy atom. The molecule has 1 amide bonds. The number of amides is 1. The topological polar surface area (TPSA) is 79.8 Å². The highest BCUT2D eigenvalue weighted by molar-refractivity contribution is 7.13. The summed E-state index contributed by atoms with van der Waals surface area (Å²) in [6, 6.07) is 3.95. The Morgan fingerprint density at radius 1 is 1.42 bits per heavy atom. The SMILES string of the molecule is CN(CCO)C(=O)c1cn2cc(-c3cccs3)n(CC3CC3)c(=O)c2n1. The lowest BCUT2D eigenvalue weighted by Crippen LogP contribution is -2.29. The summed E-state index contributed by atoms with van der Waals surface area (Å²) in [5.41, 5.74) is 1.14. The first-order chi connectivity index (χ1) is 12.6. The maximum absolute atomic E-state index is 13.1. The van der Waals surface area contributed by atoms with Crippen molar-refractivity contribution in [1.29, 1.82) is 0 Å². The van der Waals surface area contributed by atoms with Crippen LogP contribution in [-0.2, 0) is 6.54 Å². The van der Waals surface area contributed by atoms with Crippen molar-refractivity contribution in [3.8, 4) is 10.6 Å². The molecule has 1 aliphatic rings.